The van der Waals surface area contributed by atoms with Crippen LogP contribution in [0.2, 0.25) is 0 Å². The van der Waals surface area contributed by atoms with Crippen LogP contribution in [-0.2, 0) is 49.2 Å². The van der Waals surface area contributed by atoms with Gasteiger partial charge in [-0.15, -0.1) is 0 Å². The van der Waals surface area contributed by atoms with Crippen molar-refractivity contribution in [1.82, 2.24) is 0 Å². The first-order valence-electron chi connectivity index (χ1n) is 15.2. The normalized spacial score (nSPS) is 36.2. The summed E-state index contributed by atoms with van der Waals surface area (Å²) in [5.74, 6) is -2.30. The van der Waals surface area contributed by atoms with Gasteiger partial charge in [0.2, 0.25) is 6.29 Å². The molecule has 0 aliphatic carbocycles. The number of ether oxygens (including phenoxy) is 7. The van der Waals surface area contributed by atoms with E-state index in [0.29, 0.717) is 6.42 Å². The lowest BCUT2D eigenvalue weighted by Crippen LogP contribution is -2.62. The number of phenols is 1. The number of rotatable bonds is 12. The summed E-state index contributed by atoms with van der Waals surface area (Å²) in [5.41, 5.74) is 1.05. The van der Waals surface area contributed by atoms with Crippen molar-refractivity contribution >= 4 is 11.9 Å². The second-order valence-corrected chi connectivity index (χ2v) is 11.4. The third-order valence-electron chi connectivity index (χ3n) is 8.28. The van der Waals surface area contributed by atoms with Gasteiger partial charge in [0.1, 0.15) is 54.6 Å². The molecule has 1 aromatic rings. The van der Waals surface area contributed by atoms with E-state index in [0.717, 1.165) is 18.9 Å². The van der Waals surface area contributed by atoms with Gasteiger partial charge in [-0.05, 0) is 24.6 Å². The van der Waals surface area contributed by atoms with Crippen LogP contribution in [0.25, 0.3) is 0 Å². The molecule has 2 saturated heterocycles. The monoisotopic (exact) mass is 686 g/mol. The Balaban J connectivity index is 1.42. The molecule has 17 heteroatoms. The summed E-state index contributed by atoms with van der Waals surface area (Å²) in [7, 11) is 1.15. The molecule has 3 heterocycles. The predicted molar refractivity (Wildman–Crippen MR) is 157 cm³/mol. The van der Waals surface area contributed by atoms with Gasteiger partial charge in [0.05, 0.1) is 45.2 Å². The molecule has 0 spiro atoms. The smallest absolute Gasteiger partial charge is 0.337 e. The zero-order valence-corrected chi connectivity index (χ0v) is 26.2. The molecule has 4 rings (SSSR count). The van der Waals surface area contributed by atoms with Crippen molar-refractivity contribution in [3.8, 4) is 5.75 Å². The van der Waals surface area contributed by atoms with Gasteiger partial charge in [0.15, 0.2) is 12.6 Å². The maximum Gasteiger partial charge on any atom is 0.337 e. The molecule has 8 N–H and O–H groups in total. The highest BCUT2D eigenvalue weighted by Crippen LogP contribution is 2.36. The summed E-state index contributed by atoms with van der Waals surface area (Å²) in [6, 6.07) is 6.38. The number of aromatic hydroxyl groups is 1. The fourth-order valence-electron chi connectivity index (χ4n) is 5.48. The van der Waals surface area contributed by atoms with Crippen molar-refractivity contribution in [2.75, 3.05) is 26.9 Å². The minimum atomic E-state index is -1.83. The van der Waals surface area contributed by atoms with Crippen molar-refractivity contribution in [3.63, 3.8) is 0 Å². The number of aliphatic hydroxyl groups excluding tert-OH is 7. The van der Waals surface area contributed by atoms with E-state index in [2.05, 4.69) is 0 Å². The number of methoxy groups -OCH3 is 1. The van der Waals surface area contributed by atoms with Crippen LogP contribution in [0.4, 0.5) is 0 Å². The topological polar surface area (TPSA) is 261 Å². The molecule has 0 aromatic heterocycles. The van der Waals surface area contributed by atoms with E-state index >= 15 is 0 Å². The second-order valence-electron chi connectivity index (χ2n) is 11.4. The Labute approximate surface area is 275 Å². The molecular formula is C31H42O17. The minimum absolute atomic E-state index is 0.0180. The highest BCUT2D eigenvalue weighted by atomic mass is 16.8. The third kappa shape index (κ3) is 8.68. The average molecular weight is 687 g/mol. The molecule has 0 amide bonds. The molecule has 0 bridgehead atoms. The van der Waals surface area contributed by atoms with Gasteiger partial charge < -0.3 is 74.0 Å². The fourth-order valence-corrected chi connectivity index (χ4v) is 5.48. The van der Waals surface area contributed by atoms with Gasteiger partial charge in [-0.2, -0.15) is 0 Å². The molecule has 3 aliphatic rings. The van der Waals surface area contributed by atoms with E-state index in [1.807, 2.05) is 0 Å². The number of allylic oxidation sites excluding steroid dienone is 1. The summed E-state index contributed by atoms with van der Waals surface area (Å²) in [5, 5.41) is 80.9. The summed E-state index contributed by atoms with van der Waals surface area (Å²) in [4.78, 5) is 25.5. The summed E-state index contributed by atoms with van der Waals surface area (Å²) < 4.78 is 38.1. The molecule has 17 nitrogen and oxygen atoms in total. The number of esters is 2. The Morgan fingerprint density at radius 3 is 2.12 bits per heavy atom. The molecule has 12 atom stereocenters. The van der Waals surface area contributed by atoms with Crippen LogP contribution in [0.3, 0.4) is 0 Å². The van der Waals surface area contributed by atoms with Crippen LogP contribution in [0.15, 0.2) is 47.7 Å². The standard InChI is InChI=1S/C31H42O17/c1-3-16-17(10-21(34)43-9-8-14-4-6-15(33)7-5-14)18(28(41)42-2)12-44-29(16)48-31-27(40)25(38)23(36)20(47-31)13-45-30-26(39)24(37)22(35)19(11-32)46-30/h3-7,12,17,19-20,22-27,29-33,35-40H,8-11,13H2,1-2H3. The van der Waals surface area contributed by atoms with E-state index in [9.17, 15) is 50.4 Å². The Hall–Kier alpha value is -3.20. The summed E-state index contributed by atoms with van der Waals surface area (Å²) in [6.45, 7) is 0.324. The van der Waals surface area contributed by atoms with Crippen LogP contribution in [0, 0.1) is 5.92 Å². The lowest BCUT2D eigenvalue weighted by molar-refractivity contribution is -0.344. The number of hydrogen-bond donors (Lipinski definition) is 8. The van der Waals surface area contributed by atoms with E-state index in [1.54, 1.807) is 19.1 Å². The van der Waals surface area contributed by atoms with Gasteiger partial charge >= 0.3 is 11.9 Å². The van der Waals surface area contributed by atoms with E-state index < -0.39 is 98.8 Å². The summed E-state index contributed by atoms with van der Waals surface area (Å²) >= 11 is 0. The first-order chi connectivity index (χ1) is 22.9. The maximum atomic E-state index is 12.9. The van der Waals surface area contributed by atoms with Crippen molar-refractivity contribution < 1.29 is 83.6 Å². The van der Waals surface area contributed by atoms with Crippen LogP contribution in [-0.4, -0.2) is 147 Å². The molecule has 0 saturated carbocycles. The zero-order chi connectivity index (χ0) is 35.1. The van der Waals surface area contributed by atoms with E-state index in [4.69, 9.17) is 33.2 Å². The van der Waals surface area contributed by atoms with Gasteiger partial charge in [-0.1, -0.05) is 18.2 Å². The van der Waals surface area contributed by atoms with E-state index in [-0.39, 0.29) is 29.9 Å². The number of hydrogen-bond acceptors (Lipinski definition) is 17. The van der Waals surface area contributed by atoms with Crippen LogP contribution in [0.5, 0.6) is 5.75 Å². The Kier molecular flexibility index (Phi) is 13.3. The first-order valence-corrected chi connectivity index (χ1v) is 15.2. The number of carbonyl (C=O) groups excluding carboxylic acids is 2. The lowest BCUT2D eigenvalue weighted by Gasteiger charge is -2.43. The highest BCUT2D eigenvalue weighted by molar-refractivity contribution is 5.90. The van der Waals surface area contributed by atoms with Gasteiger partial charge in [-0.3, -0.25) is 4.79 Å². The SMILES string of the molecule is CC=C1C(OC2OC(COC3OC(CO)C(O)C(O)C3O)C(O)C(O)C2O)OC=C(C(=O)OC)C1CC(=O)OCCc1ccc(O)cc1. The average Bonchev–Trinajstić information content (AvgIpc) is 3.08. The molecular weight excluding hydrogens is 644 g/mol. The number of phenolic OH excluding ortho intramolecular Hbond substituents is 1. The quantitative estimate of drug-likeness (QED) is 0.0834. The first kappa shape index (κ1) is 37.6. The lowest BCUT2D eigenvalue weighted by atomic mass is 9.86. The van der Waals surface area contributed by atoms with Crippen LogP contribution in [0.1, 0.15) is 18.9 Å². The predicted octanol–water partition coefficient (Wildman–Crippen LogP) is -2.52. The Morgan fingerprint density at radius 2 is 1.50 bits per heavy atom. The van der Waals surface area contributed by atoms with Gasteiger partial charge in [0, 0.05) is 17.9 Å². The Bertz CT molecular complexity index is 1280. The molecule has 0 radical (unpaired) electrons. The summed E-state index contributed by atoms with van der Waals surface area (Å²) in [6.07, 6.45) is -15.1. The molecule has 2 fully saturated rings. The number of benzene rings is 1. The zero-order valence-electron chi connectivity index (χ0n) is 26.2. The molecule has 12 unspecified atom stereocenters. The fraction of sp³-hybridized carbons (Fsp3) is 0.613. The van der Waals surface area contributed by atoms with Crippen LogP contribution >= 0.6 is 0 Å². The highest BCUT2D eigenvalue weighted by Gasteiger charge is 2.49. The van der Waals surface area contributed by atoms with Crippen molar-refractivity contribution in [2.24, 2.45) is 5.92 Å². The molecule has 1 aromatic carbocycles. The van der Waals surface area contributed by atoms with Crippen LogP contribution < -0.4 is 0 Å². The van der Waals surface area contributed by atoms with Crippen molar-refractivity contribution in [1.29, 1.82) is 0 Å². The minimum Gasteiger partial charge on any atom is -0.508 e. The van der Waals surface area contributed by atoms with Crippen molar-refractivity contribution in [2.45, 2.75) is 87.5 Å². The Morgan fingerprint density at radius 1 is 0.875 bits per heavy atom. The van der Waals surface area contributed by atoms with Gasteiger partial charge in [-0.25, -0.2) is 4.79 Å². The molecule has 48 heavy (non-hydrogen) atoms. The van der Waals surface area contributed by atoms with Gasteiger partial charge in [0.25, 0.3) is 0 Å². The second kappa shape index (κ2) is 17.0. The molecule has 268 valence electrons. The third-order valence-corrected chi connectivity index (χ3v) is 8.28. The largest absolute Gasteiger partial charge is 0.508 e. The number of carbonyl (C=O) groups is 2. The molecule has 3 aliphatic heterocycles. The van der Waals surface area contributed by atoms with E-state index in [1.165, 1.54) is 18.2 Å². The number of aliphatic hydroxyl groups is 7. The maximum absolute atomic E-state index is 12.9. The van der Waals surface area contributed by atoms with Crippen molar-refractivity contribution in [3.05, 3.63) is 53.3 Å².